The van der Waals surface area contributed by atoms with Gasteiger partial charge in [0, 0.05) is 17.6 Å². The normalized spacial score (nSPS) is 11.0. The maximum atomic E-state index is 13.4. The molecule has 0 aliphatic rings. The quantitative estimate of drug-likeness (QED) is 0.662. The monoisotopic (exact) mass is 321 g/mol. The number of fused-ring (bicyclic) bond motifs is 1. The van der Waals surface area contributed by atoms with Crippen LogP contribution in [0.25, 0.3) is 10.2 Å². The third-order valence-electron chi connectivity index (χ3n) is 3.21. The van der Waals surface area contributed by atoms with Crippen molar-refractivity contribution in [2.75, 3.05) is 11.4 Å². The molecule has 0 N–H and O–H groups in total. The van der Waals surface area contributed by atoms with Crippen LogP contribution in [0.5, 0.6) is 0 Å². The van der Waals surface area contributed by atoms with Crippen LogP contribution in [0.1, 0.15) is 12.7 Å². The maximum absolute atomic E-state index is 13.4. The van der Waals surface area contributed by atoms with E-state index in [9.17, 15) is 4.39 Å². The first-order valence-corrected chi connectivity index (χ1v) is 7.83. The van der Waals surface area contributed by atoms with Crippen molar-refractivity contribution in [2.45, 2.75) is 13.5 Å². The lowest BCUT2D eigenvalue weighted by atomic mass is 10.2. The van der Waals surface area contributed by atoms with E-state index < -0.39 is 0 Å². The van der Waals surface area contributed by atoms with E-state index in [1.165, 1.54) is 23.5 Å². The van der Waals surface area contributed by atoms with Gasteiger partial charge in [-0.3, -0.25) is 0 Å². The van der Waals surface area contributed by atoms with Gasteiger partial charge in [-0.05, 0) is 36.6 Å². The van der Waals surface area contributed by atoms with Crippen LogP contribution in [0.3, 0.4) is 0 Å². The van der Waals surface area contributed by atoms with Crippen LogP contribution >= 0.6 is 22.9 Å². The summed E-state index contributed by atoms with van der Waals surface area (Å²) in [5.41, 5.74) is 0.809. The number of hydrogen-bond donors (Lipinski definition) is 0. The Morgan fingerprint density at radius 1 is 1.29 bits per heavy atom. The zero-order valence-electron chi connectivity index (χ0n) is 11.4. The van der Waals surface area contributed by atoms with E-state index in [1.54, 1.807) is 6.07 Å². The molecule has 0 amide bonds. The van der Waals surface area contributed by atoms with Gasteiger partial charge < -0.3 is 4.90 Å². The first-order valence-electron chi connectivity index (χ1n) is 6.57. The van der Waals surface area contributed by atoms with Gasteiger partial charge in [0.25, 0.3) is 0 Å². The Hall–Kier alpha value is -1.72. The minimum atomic E-state index is -0.251. The molecule has 0 aliphatic heterocycles. The molecule has 0 saturated heterocycles. The van der Waals surface area contributed by atoms with Gasteiger partial charge in [-0.25, -0.2) is 14.4 Å². The van der Waals surface area contributed by atoms with Crippen molar-refractivity contribution in [2.24, 2.45) is 0 Å². The van der Waals surface area contributed by atoms with Gasteiger partial charge in [-0.1, -0.05) is 17.7 Å². The molecule has 3 nitrogen and oxygen atoms in total. The van der Waals surface area contributed by atoms with Crippen molar-refractivity contribution >= 4 is 38.8 Å². The molecule has 1 aromatic carbocycles. The smallest absolute Gasteiger partial charge is 0.151 e. The summed E-state index contributed by atoms with van der Waals surface area (Å²) in [5, 5.41) is 3.28. The molecule has 0 atom stereocenters. The van der Waals surface area contributed by atoms with Crippen LogP contribution in [0.2, 0.25) is 5.15 Å². The maximum Gasteiger partial charge on any atom is 0.151 e. The number of nitrogens with zero attached hydrogens (tertiary/aromatic N) is 3. The zero-order valence-corrected chi connectivity index (χ0v) is 13.0. The highest BCUT2D eigenvalue weighted by atomic mass is 35.5. The number of rotatable bonds is 4. The first kappa shape index (κ1) is 14.2. The molecule has 21 heavy (non-hydrogen) atoms. The summed E-state index contributed by atoms with van der Waals surface area (Å²) in [4.78, 5) is 11.7. The lowest BCUT2D eigenvalue weighted by Crippen LogP contribution is -2.23. The van der Waals surface area contributed by atoms with E-state index in [0.717, 1.165) is 22.4 Å². The summed E-state index contributed by atoms with van der Waals surface area (Å²) in [6.45, 7) is 3.23. The van der Waals surface area contributed by atoms with E-state index in [4.69, 9.17) is 11.6 Å². The zero-order chi connectivity index (χ0) is 14.8. The SMILES string of the molecule is CCN(Cc1nc(Cl)c2ccsc2n1)c1cccc(F)c1. The predicted octanol–water partition coefficient (Wildman–Crippen LogP) is 4.51. The third-order valence-corrected chi connectivity index (χ3v) is 4.31. The number of aromatic nitrogens is 2. The van der Waals surface area contributed by atoms with Crippen LogP contribution in [0, 0.1) is 5.82 Å². The summed E-state index contributed by atoms with van der Waals surface area (Å²) >= 11 is 7.71. The van der Waals surface area contributed by atoms with E-state index >= 15 is 0 Å². The molecule has 0 fully saturated rings. The molecule has 108 valence electrons. The van der Waals surface area contributed by atoms with Crippen LogP contribution in [0.15, 0.2) is 35.7 Å². The van der Waals surface area contributed by atoms with Crippen molar-refractivity contribution in [1.82, 2.24) is 9.97 Å². The average molecular weight is 322 g/mol. The number of anilines is 1. The Morgan fingerprint density at radius 3 is 2.90 bits per heavy atom. The molecule has 6 heteroatoms. The lowest BCUT2D eigenvalue weighted by Gasteiger charge is -2.22. The van der Waals surface area contributed by atoms with Gasteiger partial charge in [0.2, 0.25) is 0 Å². The van der Waals surface area contributed by atoms with Crippen molar-refractivity contribution in [3.8, 4) is 0 Å². The molecule has 0 spiro atoms. The fourth-order valence-corrected chi connectivity index (χ4v) is 3.25. The van der Waals surface area contributed by atoms with Crippen LogP contribution < -0.4 is 4.90 Å². The fourth-order valence-electron chi connectivity index (χ4n) is 2.16. The third kappa shape index (κ3) is 2.99. The Labute approximate surface area is 131 Å². The van der Waals surface area contributed by atoms with Gasteiger partial charge in [0.15, 0.2) is 5.82 Å². The molecule has 0 unspecified atom stereocenters. The summed E-state index contributed by atoms with van der Waals surface area (Å²) in [7, 11) is 0. The summed E-state index contributed by atoms with van der Waals surface area (Å²) < 4.78 is 13.4. The summed E-state index contributed by atoms with van der Waals surface area (Å²) in [6, 6.07) is 8.43. The lowest BCUT2D eigenvalue weighted by molar-refractivity contribution is 0.626. The van der Waals surface area contributed by atoms with Crippen molar-refractivity contribution in [3.63, 3.8) is 0 Å². The Balaban J connectivity index is 1.92. The number of halogens is 2. The highest BCUT2D eigenvalue weighted by Gasteiger charge is 2.11. The van der Waals surface area contributed by atoms with E-state index in [-0.39, 0.29) is 5.82 Å². The first-order chi connectivity index (χ1) is 10.2. The van der Waals surface area contributed by atoms with Gasteiger partial charge in [-0.2, -0.15) is 0 Å². The topological polar surface area (TPSA) is 29.0 Å². The van der Waals surface area contributed by atoms with E-state index in [1.807, 2.05) is 29.3 Å². The van der Waals surface area contributed by atoms with Gasteiger partial charge in [0.1, 0.15) is 15.8 Å². The molecule has 0 aliphatic carbocycles. The second-order valence-electron chi connectivity index (χ2n) is 4.56. The van der Waals surface area contributed by atoms with Crippen LogP contribution in [-0.4, -0.2) is 16.5 Å². The second-order valence-corrected chi connectivity index (χ2v) is 5.82. The molecule has 0 saturated carbocycles. The minimum absolute atomic E-state index is 0.251. The van der Waals surface area contributed by atoms with E-state index in [2.05, 4.69) is 9.97 Å². The van der Waals surface area contributed by atoms with Crippen molar-refractivity contribution in [3.05, 3.63) is 52.5 Å². The molecule has 0 bridgehead atoms. The largest absolute Gasteiger partial charge is 0.364 e. The summed E-state index contributed by atoms with van der Waals surface area (Å²) in [6.07, 6.45) is 0. The molecule has 3 aromatic rings. The van der Waals surface area contributed by atoms with Crippen molar-refractivity contribution in [1.29, 1.82) is 0 Å². The van der Waals surface area contributed by atoms with E-state index in [0.29, 0.717) is 17.5 Å². The molecule has 0 radical (unpaired) electrons. The van der Waals surface area contributed by atoms with Gasteiger partial charge in [-0.15, -0.1) is 11.3 Å². The molecule has 2 aromatic heterocycles. The highest BCUT2D eigenvalue weighted by Crippen LogP contribution is 2.25. The highest BCUT2D eigenvalue weighted by molar-refractivity contribution is 7.16. The average Bonchev–Trinajstić information content (AvgIpc) is 2.93. The fraction of sp³-hybridized carbons (Fsp3) is 0.200. The molecule has 2 heterocycles. The van der Waals surface area contributed by atoms with Crippen molar-refractivity contribution < 1.29 is 4.39 Å². The second kappa shape index (κ2) is 5.95. The number of benzene rings is 1. The minimum Gasteiger partial charge on any atom is -0.364 e. The molecule has 3 rings (SSSR count). The predicted molar refractivity (Wildman–Crippen MR) is 85.5 cm³/mol. The summed E-state index contributed by atoms with van der Waals surface area (Å²) in [5.74, 6) is 0.389. The van der Waals surface area contributed by atoms with Gasteiger partial charge in [0.05, 0.1) is 6.54 Å². The Morgan fingerprint density at radius 2 is 2.14 bits per heavy atom. The Kier molecular flexibility index (Phi) is 4.03. The molecular weight excluding hydrogens is 309 g/mol. The van der Waals surface area contributed by atoms with Crippen LogP contribution in [0.4, 0.5) is 10.1 Å². The standard InChI is InChI=1S/C15H13ClFN3S/c1-2-20(11-5-3-4-10(17)8-11)9-13-18-14(16)12-6-7-21-15(12)19-13/h3-8H,2,9H2,1H3. The Bertz CT molecular complexity index is 774. The number of thiophene rings is 1. The molecular formula is C15H13ClFN3S. The van der Waals surface area contributed by atoms with Gasteiger partial charge >= 0.3 is 0 Å². The number of hydrogen-bond acceptors (Lipinski definition) is 4. The van der Waals surface area contributed by atoms with Crippen LogP contribution in [-0.2, 0) is 6.54 Å².